The Morgan fingerprint density at radius 1 is 1.43 bits per heavy atom. The second kappa shape index (κ2) is 5.24. The molecule has 1 heterocycles. The molecule has 1 atom stereocenters. The first-order chi connectivity index (χ1) is 6.61. The number of hydrogen-bond donors (Lipinski definition) is 2. The lowest BCUT2D eigenvalue weighted by molar-refractivity contribution is -0.125. The van der Waals surface area contributed by atoms with Crippen molar-refractivity contribution in [3.63, 3.8) is 0 Å². The molecule has 82 valence electrons. The summed E-state index contributed by atoms with van der Waals surface area (Å²) >= 11 is 0. The molecule has 1 amide bonds. The maximum Gasteiger partial charge on any atom is 0.239 e. The Kier molecular flexibility index (Phi) is 4.25. The number of hydrogen-bond acceptors (Lipinski definition) is 2. The lowest BCUT2D eigenvalue weighted by Gasteiger charge is -2.28. The fraction of sp³-hybridized carbons (Fsp3) is 0.889. The van der Waals surface area contributed by atoms with Crippen LogP contribution in [0.2, 0.25) is 0 Å². The minimum Gasteiger partial charge on any atom is -0.369 e. The summed E-state index contributed by atoms with van der Waals surface area (Å²) in [6.07, 6.45) is -1.30. The number of nitrogens with one attached hydrogen (secondary N) is 1. The molecule has 1 saturated heterocycles. The molecule has 1 aliphatic rings. The average Bonchev–Trinajstić information content (AvgIpc) is 2.15. The molecule has 3 nitrogen and oxygen atoms in total. The number of primary amides is 1. The number of alkyl halides is 2. The summed E-state index contributed by atoms with van der Waals surface area (Å²) in [6.45, 7) is 1.58. The zero-order chi connectivity index (χ0) is 10.6. The lowest BCUT2D eigenvalue weighted by Crippen LogP contribution is -2.38. The Labute approximate surface area is 82.0 Å². The fourth-order valence-corrected chi connectivity index (χ4v) is 1.98. The van der Waals surface area contributed by atoms with E-state index in [1.807, 2.05) is 0 Å². The van der Waals surface area contributed by atoms with E-state index in [0.717, 1.165) is 25.9 Å². The first-order valence-corrected chi connectivity index (χ1v) is 4.89. The van der Waals surface area contributed by atoms with Crippen molar-refractivity contribution in [2.75, 3.05) is 13.1 Å². The molecule has 0 aromatic rings. The molecule has 0 aliphatic carbocycles. The van der Waals surface area contributed by atoms with E-state index in [1.165, 1.54) is 0 Å². The Morgan fingerprint density at radius 3 is 2.43 bits per heavy atom. The highest BCUT2D eigenvalue weighted by atomic mass is 19.3. The molecule has 1 fully saturated rings. The van der Waals surface area contributed by atoms with E-state index >= 15 is 0 Å². The SMILES string of the molecule is NC(=O)C(CC(F)F)C1CCNCC1. The third-order valence-electron chi connectivity index (χ3n) is 2.75. The van der Waals surface area contributed by atoms with Gasteiger partial charge in [-0.3, -0.25) is 4.79 Å². The van der Waals surface area contributed by atoms with Crippen LogP contribution >= 0.6 is 0 Å². The number of carbonyl (C=O) groups excluding carboxylic acids is 1. The van der Waals surface area contributed by atoms with Gasteiger partial charge in [0.25, 0.3) is 0 Å². The van der Waals surface area contributed by atoms with E-state index in [0.29, 0.717) is 0 Å². The summed E-state index contributed by atoms with van der Waals surface area (Å²) in [6, 6.07) is 0. The van der Waals surface area contributed by atoms with E-state index in [9.17, 15) is 13.6 Å². The van der Waals surface area contributed by atoms with E-state index in [1.54, 1.807) is 0 Å². The van der Waals surface area contributed by atoms with Crippen LogP contribution in [0, 0.1) is 11.8 Å². The van der Waals surface area contributed by atoms with Gasteiger partial charge >= 0.3 is 0 Å². The zero-order valence-corrected chi connectivity index (χ0v) is 8.01. The Hall–Kier alpha value is -0.710. The van der Waals surface area contributed by atoms with E-state index in [2.05, 4.69) is 5.32 Å². The van der Waals surface area contributed by atoms with Crippen molar-refractivity contribution in [1.29, 1.82) is 0 Å². The Balaban J connectivity index is 2.51. The molecule has 0 aromatic heterocycles. The third kappa shape index (κ3) is 3.21. The predicted octanol–water partition coefficient (Wildman–Crippen LogP) is 0.743. The van der Waals surface area contributed by atoms with Gasteiger partial charge in [-0.2, -0.15) is 0 Å². The molecular formula is C9H16F2N2O. The normalized spacial score (nSPS) is 21.1. The van der Waals surface area contributed by atoms with Crippen molar-refractivity contribution in [3.05, 3.63) is 0 Å². The van der Waals surface area contributed by atoms with Gasteiger partial charge in [-0.05, 0) is 31.8 Å². The van der Waals surface area contributed by atoms with Crippen molar-refractivity contribution in [2.24, 2.45) is 17.6 Å². The molecule has 0 saturated carbocycles. The molecule has 0 aromatic carbocycles. The minimum absolute atomic E-state index is 0.0303. The predicted molar refractivity (Wildman–Crippen MR) is 48.9 cm³/mol. The van der Waals surface area contributed by atoms with Crippen LogP contribution in [0.3, 0.4) is 0 Å². The first-order valence-electron chi connectivity index (χ1n) is 4.89. The van der Waals surface area contributed by atoms with Gasteiger partial charge in [-0.1, -0.05) is 0 Å². The lowest BCUT2D eigenvalue weighted by atomic mass is 9.82. The third-order valence-corrected chi connectivity index (χ3v) is 2.75. The molecule has 5 heteroatoms. The molecular weight excluding hydrogens is 190 g/mol. The number of halogens is 2. The van der Waals surface area contributed by atoms with Crippen molar-refractivity contribution in [3.8, 4) is 0 Å². The minimum atomic E-state index is -2.44. The van der Waals surface area contributed by atoms with Crippen molar-refractivity contribution in [2.45, 2.75) is 25.7 Å². The molecule has 0 spiro atoms. The van der Waals surface area contributed by atoms with E-state index < -0.39 is 18.3 Å². The second-order valence-corrected chi connectivity index (χ2v) is 3.72. The number of nitrogens with two attached hydrogens (primary N) is 1. The van der Waals surface area contributed by atoms with E-state index in [-0.39, 0.29) is 12.3 Å². The standard InChI is InChI=1S/C9H16F2N2O/c10-8(11)5-7(9(12)14)6-1-3-13-4-2-6/h6-8,13H,1-5H2,(H2,12,14). The van der Waals surface area contributed by atoms with Gasteiger partial charge < -0.3 is 11.1 Å². The van der Waals surface area contributed by atoms with Gasteiger partial charge in [0.05, 0.1) is 0 Å². The highest BCUT2D eigenvalue weighted by molar-refractivity contribution is 5.77. The van der Waals surface area contributed by atoms with E-state index in [4.69, 9.17) is 5.73 Å². The van der Waals surface area contributed by atoms with Crippen LogP contribution in [0.25, 0.3) is 0 Å². The zero-order valence-electron chi connectivity index (χ0n) is 8.01. The molecule has 0 bridgehead atoms. The number of amides is 1. The second-order valence-electron chi connectivity index (χ2n) is 3.72. The summed E-state index contributed by atoms with van der Waals surface area (Å²) in [5, 5.41) is 3.12. The maximum atomic E-state index is 12.2. The van der Waals surface area contributed by atoms with Gasteiger partial charge in [0.1, 0.15) is 0 Å². The average molecular weight is 206 g/mol. The van der Waals surface area contributed by atoms with Crippen LogP contribution in [0.4, 0.5) is 8.78 Å². The van der Waals surface area contributed by atoms with Crippen LogP contribution in [-0.2, 0) is 4.79 Å². The quantitative estimate of drug-likeness (QED) is 0.713. The fourth-order valence-electron chi connectivity index (χ4n) is 1.98. The molecule has 1 unspecified atom stereocenters. The summed E-state index contributed by atoms with van der Waals surface area (Å²) in [7, 11) is 0. The van der Waals surface area contributed by atoms with Gasteiger partial charge in [-0.15, -0.1) is 0 Å². The Morgan fingerprint density at radius 2 is 2.00 bits per heavy atom. The molecule has 3 N–H and O–H groups in total. The molecule has 0 radical (unpaired) electrons. The van der Waals surface area contributed by atoms with Crippen molar-refractivity contribution in [1.82, 2.24) is 5.32 Å². The summed E-state index contributed by atoms with van der Waals surface area (Å²) < 4.78 is 24.4. The van der Waals surface area contributed by atoms with Gasteiger partial charge in [0.2, 0.25) is 12.3 Å². The number of piperidine rings is 1. The van der Waals surface area contributed by atoms with Crippen LogP contribution in [0.1, 0.15) is 19.3 Å². The van der Waals surface area contributed by atoms with Crippen LogP contribution < -0.4 is 11.1 Å². The monoisotopic (exact) mass is 206 g/mol. The van der Waals surface area contributed by atoms with Crippen LogP contribution in [0.5, 0.6) is 0 Å². The van der Waals surface area contributed by atoms with Gasteiger partial charge in [-0.25, -0.2) is 8.78 Å². The molecule has 1 aliphatic heterocycles. The first kappa shape index (κ1) is 11.4. The summed E-state index contributed by atoms with van der Waals surface area (Å²) in [5.74, 6) is -1.21. The van der Waals surface area contributed by atoms with Crippen molar-refractivity contribution >= 4 is 5.91 Å². The van der Waals surface area contributed by atoms with Gasteiger partial charge in [0, 0.05) is 12.3 Å². The van der Waals surface area contributed by atoms with Crippen LogP contribution in [0.15, 0.2) is 0 Å². The smallest absolute Gasteiger partial charge is 0.239 e. The molecule has 1 rings (SSSR count). The molecule has 14 heavy (non-hydrogen) atoms. The number of rotatable bonds is 4. The van der Waals surface area contributed by atoms with Crippen molar-refractivity contribution < 1.29 is 13.6 Å². The van der Waals surface area contributed by atoms with Gasteiger partial charge in [0.15, 0.2) is 0 Å². The maximum absolute atomic E-state index is 12.2. The number of carbonyl (C=O) groups is 1. The summed E-state index contributed by atoms with van der Waals surface area (Å²) in [5.41, 5.74) is 5.12. The highest BCUT2D eigenvalue weighted by Crippen LogP contribution is 2.26. The largest absolute Gasteiger partial charge is 0.369 e. The Bertz CT molecular complexity index is 193. The highest BCUT2D eigenvalue weighted by Gasteiger charge is 2.30. The summed E-state index contributed by atoms with van der Waals surface area (Å²) in [4.78, 5) is 11.0. The topological polar surface area (TPSA) is 55.1 Å². The van der Waals surface area contributed by atoms with Crippen LogP contribution in [-0.4, -0.2) is 25.4 Å².